The molecule has 100 valence electrons. The number of thiazole rings is 1. The van der Waals surface area contributed by atoms with E-state index < -0.39 is 10.9 Å². The van der Waals surface area contributed by atoms with Crippen molar-refractivity contribution in [2.45, 2.75) is 6.92 Å². The molecule has 0 atom stereocenters. The van der Waals surface area contributed by atoms with E-state index in [4.69, 9.17) is 5.11 Å². The number of aromatic carboxylic acids is 1. The first-order valence-electron chi connectivity index (χ1n) is 5.27. The lowest BCUT2D eigenvalue weighted by Crippen LogP contribution is -2.48. The first-order chi connectivity index (χ1) is 8.88. The average molecular weight is 282 g/mol. The number of hydrogen-bond acceptors (Lipinski definition) is 6. The fourth-order valence-corrected chi connectivity index (χ4v) is 2.04. The Labute approximate surface area is 112 Å². The van der Waals surface area contributed by atoms with Crippen LogP contribution in [0.15, 0.2) is 29.6 Å². The molecule has 1 aromatic heterocycles. The van der Waals surface area contributed by atoms with Gasteiger partial charge in [0.15, 0.2) is 0 Å². The van der Waals surface area contributed by atoms with Crippen LogP contribution in [-0.4, -0.2) is 26.5 Å². The van der Waals surface area contributed by atoms with E-state index in [0.29, 0.717) is 10.7 Å². The molecule has 0 bridgehead atoms. The predicted octanol–water partition coefficient (Wildman–Crippen LogP) is 2.26. The molecule has 2 rings (SSSR count). The molecule has 4 N–H and O–H groups in total. The molecule has 0 saturated heterocycles. The highest BCUT2D eigenvalue weighted by atomic mass is 32.1. The number of carbonyl (C=O) groups is 1. The maximum Gasteiger partial charge on any atom is 0.335 e. The van der Waals surface area contributed by atoms with Gasteiger partial charge < -0.3 is 5.11 Å². The van der Waals surface area contributed by atoms with Crippen LogP contribution in [0.25, 0.3) is 0 Å². The monoisotopic (exact) mass is 282 g/mol. The van der Waals surface area contributed by atoms with Gasteiger partial charge in [-0.15, -0.1) is 21.8 Å². The minimum absolute atomic E-state index is 0.0322. The molecule has 0 aliphatic carbocycles. The maximum absolute atomic E-state index is 10.7. The number of rotatable bonds is 4. The summed E-state index contributed by atoms with van der Waals surface area (Å²) in [5.74, 6) is -1.01. The van der Waals surface area contributed by atoms with Gasteiger partial charge in [-0.05, 0) is 31.2 Å². The van der Waals surface area contributed by atoms with E-state index in [1.165, 1.54) is 41.0 Å². The number of carboxylic acid groups (broad SMARTS) is 1. The van der Waals surface area contributed by atoms with Crippen molar-refractivity contribution in [3.63, 3.8) is 0 Å². The third-order valence-corrected chi connectivity index (χ3v) is 3.10. The second kappa shape index (κ2) is 4.94. The fourth-order valence-electron chi connectivity index (χ4n) is 1.42. The van der Waals surface area contributed by atoms with E-state index >= 15 is 0 Å². The molecule has 19 heavy (non-hydrogen) atoms. The van der Waals surface area contributed by atoms with Crippen molar-refractivity contribution in [3.05, 3.63) is 40.2 Å². The van der Waals surface area contributed by atoms with Gasteiger partial charge in [-0.2, -0.15) is 10.4 Å². The molecule has 0 fully saturated rings. The number of hydrogen-bond donors (Lipinski definition) is 4. The highest BCUT2D eigenvalue weighted by Gasteiger charge is 2.30. The molecule has 1 heterocycles. The van der Waals surface area contributed by atoms with Gasteiger partial charge in [-0.25, -0.2) is 4.79 Å². The van der Waals surface area contributed by atoms with Crippen LogP contribution in [0.2, 0.25) is 0 Å². The third-order valence-electron chi connectivity index (χ3n) is 2.34. The SMILES string of the molecule is Cc1nc([N+](O)(O)Nc2ccc(C(=O)O)cc2)cs1. The zero-order valence-corrected chi connectivity index (χ0v) is 10.8. The molecule has 0 spiro atoms. The van der Waals surface area contributed by atoms with Crippen molar-refractivity contribution in [2.24, 2.45) is 0 Å². The van der Waals surface area contributed by atoms with Gasteiger partial charge in [0.1, 0.15) is 4.92 Å². The van der Waals surface area contributed by atoms with Crippen molar-refractivity contribution < 1.29 is 20.3 Å². The van der Waals surface area contributed by atoms with Crippen LogP contribution in [0.4, 0.5) is 11.5 Å². The summed E-state index contributed by atoms with van der Waals surface area (Å²) in [6.45, 7) is 1.75. The Morgan fingerprint density at radius 2 is 1.95 bits per heavy atom. The Kier molecular flexibility index (Phi) is 3.49. The molecular formula is C11H12N3O4S+. The minimum atomic E-state index is -1.60. The van der Waals surface area contributed by atoms with Gasteiger partial charge in [0.25, 0.3) is 0 Å². The lowest BCUT2D eigenvalue weighted by Gasteiger charge is -2.18. The summed E-state index contributed by atoms with van der Waals surface area (Å²) in [5.41, 5.74) is 2.88. The van der Waals surface area contributed by atoms with Crippen molar-refractivity contribution in [2.75, 3.05) is 5.43 Å². The van der Waals surface area contributed by atoms with Crippen molar-refractivity contribution in [3.8, 4) is 0 Å². The molecule has 0 amide bonds. The van der Waals surface area contributed by atoms with Gasteiger partial charge >= 0.3 is 11.8 Å². The Morgan fingerprint density at radius 3 is 2.42 bits per heavy atom. The molecule has 7 nitrogen and oxygen atoms in total. The molecular weight excluding hydrogens is 270 g/mol. The number of carboxylic acids is 1. The van der Waals surface area contributed by atoms with Crippen LogP contribution in [-0.2, 0) is 0 Å². The van der Waals surface area contributed by atoms with Crippen LogP contribution in [0.5, 0.6) is 0 Å². The number of anilines is 1. The van der Waals surface area contributed by atoms with Crippen molar-refractivity contribution in [1.82, 2.24) is 9.90 Å². The topological polar surface area (TPSA) is 103 Å². The molecule has 0 unspecified atom stereocenters. The number of nitrogens with zero attached hydrogens (tertiary/aromatic N) is 2. The van der Waals surface area contributed by atoms with E-state index in [9.17, 15) is 15.2 Å². The summed E-state index contributed by atoms with van der Waals surface area (Å²) in [7, 11) is 0. The number of aromatic nitrogens is 1. The molecule has 8 heteroatoms. The van der Waals surface area contributed by atoms with Gasteiger partial charge in [0.2, 0.25) is 0 Å². The largest absolute Gasteiger partial charge is 0.478 e. The molecule has 0 aliphatic rings. The Hall–Kier alpha value is -2.00. The van der Waals surface area contributed by atoms with Crippen LogP contribution < -0.4 is 10.3 Å². The van der Waals surface area contributed by atoms with Crippen LogP contribution >= 0.6 is 11.3 Å². The second-order valence-corrected chi connectivity index (χ2v) is 4.88. The molecule has 0 aliphatic heterocycles. The molecule has 0 saturated carbocycles. The predicted molar refractivity (Wildman–Crippen MR) is 69.2 cm³/mol. The summed E-state index contributed by atoms with van der Waals surface area (Å²) in [6.07, 6.45) is 0. The van der Waals surface area contributed by atoms with Crippen LogP contribution in [0, 0.1) is 6.92 Å². The highest BCUT2D eigenvalue weighted by Crippen LogP contribution is 2.22. The summed E-state index contributed by atoms with van der Waals surface area (Å²) in [4.78, 5) is 13.0. The number of benzene rings is 1. The van der Waals surface area contributed by atoms with Gasteiger partial charge in [-0.3, -0.25) is 0 Å². The first-order valence-corrected chi connectivity index (χ1v) is 6.15. The first kappa shape index (κ1) is 13.4. The Morgan fingerprint density at radius 1 is 1.32 bits per heavy atom. The van der Waals surface area contributed by atoms with Crippen molar-refractivity contribution in [1.29, 1.82) is 0 Å². The summed E-state index contributed by atoms with van der Waals surface area (Å²) in [6, 6.07) is 5.58. The quantitative estimate of drug-likeness (QED) is 0.506. The van der Waals surface area contributed by atoms with E-state index in [1.807, 2.05) is 0 Å². The fraction of sp³-hybridized carbons (Fsp3) is 0.0909. The third kappa shape index (κ3) is 3.06. The second-order valence-electron chi connectivity index (χ2n) is 3.82. The minimum Gasteiger partial charge on any atom is -0.478 e. The number of nitrogens with one attached hydrogen (secondary N) is 1. The average Bonchev–Trinajstić information content (AvgIpc) is 2.77. The maximum atomic E-state index is 10.7. The highest BCUT2D eigenvalue weighted by molar-refractivity contribution is 7.09. The van der Waals surface area contributed by atoms with E-state index in [0.717, 1.165) is 0 Å². The standard InChI is InChI=1S/C11H11N3O4S/c1-7-12-10(6-19-7)14(17,18)13-9-4-2-8(3-5-9)11(15)16/h2-6,13,17-18H,1H3/p+1. The molecule has 2 aromatic rings. The Bertz CT molecular complexity index is 594. The lowest BCUT2D eigenvalue weighted by atomic mass is 10.2. The molecule has 0 radical (unpaired) electrons. The zero-order chi connectivity index (χ0) is 14.0. The van der Waals surface area contributed by atoms with E-state index in [-0.39, 0.29) is 11.4 Å². The summed E-state index contributed by atoms with van der Waals surface area (Å²) >= 11 is 1.28. The Balaban J connectivity index is 2.18. The zero-order valence-electron chi connectivity index (χ0n) is 9.94. The van der Waals surface area contributed by atoms with Gasteiger partial charge in [0, 0.05) is 0 Å². The summed E-state index contributed by atoms with van der Waals surface area (Å²) < 4.78 is 0. The van der Waals surface area contributed by atoms with E-state index in [2.05, 4.69) is 10.4 Å². The number of quaternary nitrogens is 1. The summed E-state index contributed by atoms with van der Waals surface area (Å²) in [5, 5.41) is 30.6. The van der Waals surface area contributed by atoms with Gasteiger partial charge in [-0.1, -0.05) is 0 Å². The van der Waals surface area contributed by atoms with E-state index in [1.54, 1.807) is 6.92 Å². The molecule has 1 aromatic carbocycles. The van der Waals surface area contributed by atoms with Crippen LogP contribution in [0.1, 0.15) is 15.4 Å². The normalized spacial score (nSPS) is 11.3. The smallest absolute Gasteiger partial charge is 0.335 e. The lowest BCUT2D eigenvalue weighted by molar-refractivity contribution is -0.274. The van der Waals surface area contributed by atoms with Crippen LogP contribution in [0.3, 0.4) is 0 Å². The van der Waals surface area contributed by atoms with Crippen molar-refractivity contribution >= 4 is 28.8 Å². The number of aryl methyl sites for hydroxylation is 1. The van der Waals surface area contributed by atoms with Gasteiger partial charge in [0.05, 0.1) is 21.6 Å².